The summed E-state index contributed by atoms with van der Waals surface area (Å²) in [4.78, 5) is 4.34. The maximum atomic E-state index is 5.81. The molecule has 0 radical (unpaired) electrons. The number of rotatable bonds is 12. The van der Waals surface area contributed by atoms with Crippen LogP contribution in [0, 0.1) is 5.41 Å². The van der Waals surface area contributed by atoms with Gasteiger partial charge in [0.15, 0.2) is 0 Å². The highest BCUT2D eigenvalue weighted by Crippen LogP contribution is 2.34. The van der Waals surface area contributed by atoms with Gasteiger partial charge in [0, 0.05) is 28.2 Å². The third kappa shape index (κ3) is 14.8. The number of fused-ring (bicyclic) bond motifs is 3. The number of hydrogen-bond donors (Lipinski definition) is 1. The molecule has 0 atom stereocenters. The van der Waals surface area contributed by atoms with Gasteiger partial charge in [-0.25, -0.2) is 0 Å². The minimum atomic E-state index is 0.370. The highest BCUT2D eigenvalue weighted by Gasteiger charge is 2.13. The first-order valence-corrected chi connectivity index (χ1v) is 23.4. The first-order valence-electron chi connectivity index (χ1n) is 23.4. The first kappa shape index (κ1) is 52.1. The lowest BCUT2D eigenvalue weighted by molar-refractivity contribution is 0.503. The Labute approximate surface area is 402 Å². The van der Waals surface area contributed by atoms with Gasteiger partial charge < -0.3 is 10.3 Å². The van der Waals surface area contributed by atoms with E-state index in [1.807, 2.05) is 70.2 Å². The van der Waals surface area contributed by atoms with Crippen molar-refractivity contribution >= 4 is 39.8 Å². The van der Waals surface area contributed by atoms with Crippen molar-refractivity contribution in [3.8, 4) is 16.8 Å². The molecule has 0 fully saturated rings. The third-order valence-electron chi connectivity index (χ3n) is 11.3. The highest BCUT2D eigenvalue weighted by atomic mass is 15.0. The summed E-state index contributed by atoms with van der Waals surface area (Å²) in [6.45, 7) is 26.5. The molecule has 0 aliphatic rings. The van der Waals surface area contributed by atoms with Gasteiger partial charge in [-0.1, -0.05) is 223 Å². The van der Waals surface area contributed by atoms with Crippen LogP contribution in [0.1, 0.15) is 79.0 Å². The van der Waals surface area contributed by atoms with Crippen LogP contribution >= 0.6 is 0 Å². The molecule has 1 aromatic heterocycles. The molecule has 2 N–H and O–H groups in total. The lowest BCUT2D eigenvalue weighted by atomic mass is 9.88. The molecule has 1 heterocycles. The van der Waals surface area contributed by atoms with E-state index in [0.717, 1.165) is 51.2 Å². The van der Waals surface area contributed by atoms with E-state index < -0.39 is 0 Å². The fourth-order valence-electron chi connectivity index (χ4n) is 7.41. The van der Waals surface area contributed by atoms with Crippen LogP contribution in [0.3, 0.4) is 0 Å². The molecule has 6 aromatic carbocycles. The summed E-state index contributed by atoms with van der Waals surface area (Å²) in [7, 11) is 0. The van der Waals surface area contributed by atoms with Gasteiger partial charge in [-0.15, -0.1) is 0 Å². The van der Waals surface area contributed by atoms with Crippen LogP contribution in [0.4, 0.5) is 0 Å². The molecule has 3 nitrogen and oxygen atoms in total. The second kappa shape index (κ2) is 27.1. The highest BCUT2D eigenvalue weighted by molar-refractivity contribution is 6.09. The van der Waals surface area contributed by atoms with Crippen molar-refractivity contribution in [1.82, 2.24) is 4.57 Å². The summed E-state index contributed by atoms with van der Waals surface area (Å²) >= 11 is 0. The Balaban J connectivity index is 0.000000268. The molecule has 7 aromatic rings. The maximum absolute atomic E-state index is 5.81. The van der Waals surface area contributed by atoms with Crippen molar-refractivity contribution in [2.45, 2.75) is 68.7 Å². The number of para-hydroxylation sites is 2. The van der Waals surface area contributed by atoms with E-state index in [1.54, 1.807) is 12.3 Å². The first-order chi connectivity index (χ1) is 32.6. The van der Waals surface area contributed by atoms with Crippen LogP contribution in [0.2, 0.25) is 0 Å². The van der Waals surface area contributed by atoms with Gasteiger partial charge in [0.2, 0.25) is 0 Å². The Kier molecular flexibility index (Phi) is 21.1. The smallest absolute Gasteiger partial charge is 0.0658 e. The van der Waals surface area contributed by atoms with Gasteiger partial charge in [0.25, 0.3) is 0 Å². The topological polar surface area (TPSA) is 43.3 Å². The molecule has 0 aliphatic heterocycles. The van der Waals surface area contributed by atoms with E-state index in [4.69, 9.17) is 5.73 Å². The predicted molar refractivity (Wildman–Crippen MR) is 299 cm³/mol. The molecule has 0 spiro atoms. The van der Waals surface area contributed by atoms with Crippen LogP contribution < -0.4 is 5.73 Å². The van der Waals surface area contributed by atoms with Crippen molar-refractivity contribution < 1.29 is 0 Å². The zero-order valence-corrected chi connectivity index (χ0v) is 41.4. The molecule has 0 bridgehead atoms. The largest absolute Gasteiger partial charge is 0.404 e. The number of nitrogens with two attached hydrogens (primary N) is 1. The number of benzene rings is 6. The van der Waals surface area contributed by atoms with E-state index in [0.29, 0.717) is 5.41 Å². The minimum absolute atomic E-state index is 0.370. The van der Waals surface area contributed by atoms with E-state index in [-0.39, 0.29) is 0 Å². The Morgan fingerprint density at radius 1 is 0.642 bits per heavy atom. The van der Waals surface area contributed by atoms with Gasteiger partial charge in [-0.3, -0.25) is 4.99 Å². The average molecular weight is 882 g/mol. The van der Waals surface area contributed by atoms with Crippen molar-refractivity contribution in [3.63, 3.8) is 0 Å². The molecule has 3 heteroatoms. The second-order valence-electron chi connectivity index (χ2n) is 16.6. The summed E-state index contributed by atoms with van der Waals surface area (Å²) in [6, 6.07) is 55.1. The Morgan fingerprint density at radius 2 is 1.16 bits per heavy atom. The zero-order chi connectivity index (χ0) is 48.6. The molecule has 0 aliphatic carbocycles. The fraction of sp³-hybridized carbons (Fsp3) is 0.172. The van der Waals surface area contributed by atoms with Gasteiger partial charge in [-0.2, -0.15) is 0 Å². The summed E-state index contributed by atoms with van der Waals surface area (Å²) in [6.07, 6.45) is 20.8. The number of hydrogen-bond acceptors (Lipinski definition) is 2. The molecular formula is C64H71N3. The molecular weight excluding hydrogens is 811 g/mol. The molecule has 0 amide bonds. The average Bonchev–Trinajstić information content (AvgIpc) is 3.71. The lowest BCUT2D eigenvalue weighted by Crippen LogP contribution is -2.05. The van der Waals surface area contributed by atoms with Gasteiger partial charge in [0.1, 0.15) is 0 Å². The standard InChI is InChI=1S/C34H26N2.C20H23N.C8H16.C2H6/c1-35-32(22-21-25-11-3-2-4-12-25)28-15-9-13-26(23-28)27-14-10-16-29(24-27)36-33-19-7-5-17-30(33)31-18-6-8-20-34(31)36;1-4-10-17(11-5-2)19(12-6-3)15-20(16-21)18-13-8-7-9-14-18;1-6-7(2)8(3,4)5;1-2/h2-20,22-24H,1,21H2;4-16H,1,21H2,2-3H3;6H,1-5H3;1-2H3/b32-22-;11-5-,12-6+,17-10+,19-15+,20-16+;7-6+;. The summed E-state index contributed by atoms with van der Waals surface area (Å²) < 4.78 is 2.36. The van der Waals surface area contributed by atoms with E-state index in [1.165, 1.54) is 38.5 Å². The molecule has 67 heavy (non-hydrogen) atoms. The fourth-order valence-corrected chi connectivity index (χ4v) is 7.41. The van der Waals surface area contributed by atoms with Crippen molar-refractivity contribution in [2.75, 3.05) is 0 Å². The van der Waals surface area contributed by atoms with E-state index in [2.05, 4.69) is 221 Å². The van der Waals surface area contributed by atoms with Crippen molar-refractivity contribution in [1.29, 1.82) is 0 Å². The van der Waals surface area contributed by atoms with Crippen LogP contribution in [0.5, 0.6) is 0 Å². The summed E-state index contributed by atoms with van der Waals surface area (Å²) in [5.41, 5.74) is 21.0. The van der Waals surface area contributed by atoms with E-state index >= 15 is 0 Å². The van der Waals surface area contributed by atoms with Crippen LogP contribution in [-0.2, 0) is 6.42 Å². The summed E-state index contributed by atoms with van der Waals surface area (Å²) in [5, 5.41) is 2.54. The van der Waals surface area contributed by atoms with Crippen molar-refractivity contribution in [3.05, 3.63) is 259 Å². The van der Waals surface area contributed by atoms with Crippen molar-refractivity contribution in [2.24, 2.45) is 16.1 Å². The molecule has 0 saturated carbocycles. The third-order valence-corrected chi connectivity index (χ3v) is 11.3. The molecule has 7 rings (SSSR count). The van der Waals surface area contributed by atoms with Crippen LogP contribution in [-0.4, -0.2) is 11.3 Å². The lowest BCUT2D eigenvalue weighted by Gasteiger charge is -2.18. The van der Waals surface area contributed by atoms with Gasteiger partial charge in [-0.05, 0) is 122 Å². The molecule has 0 saturated heterocycles. The number of aromatic nitrogens is 1. The van der Waals surface area contributed by atoms with Gasteiger partial charge >= 0.3 is 0 Å². The quantitative estimate of drug-likeness (QED) is 0.0742. The Morgan fingerprint density at radius 3 is 1.69 bits per heavy atom. The van der Waals surface area contributed by atoms with Crippen LogP contribution in [0.25, 0.3) is 49.9 Å². The minimum Gasteiger partial charge on any atom is -0.404 e. The molecule has 0 unspecified atom stereocenters. The Bertz CT molecular complexity index is 2830. The molecule has 342 valence electrons. The maximum Gasteiger partial charge on any atom is 0.0658 e. The number of aliphatic imine (C=N–C) groups is 1. The monoisotopic (exact) mass is 882 g/mol. The number of allylic oxidation sites excluding steroid dienone is 13. The number of nitrogens with zero attached hydrogens (tertiary/aromatic N) is 2. The predicted octanol–water partition coefficient (Wildman–Crippen LogP) is 17.9. The normalized spacial score (nSPS) is 12.5. The Hall–Kier alpha value is -7.49. The summed E-state index contributed by atoms with van der Waals surface area (Å²) in [5.74, 6) is 0. The SMILES string of the molecule is C/C=C(\C)C(C)(C)C.C=C/C=C(\C=C/C)C(/C=C/C)=C/C(=C\N)c1ccccc1.C=N/C(=C\Cc1ccccc1)c1cccc(-c2cccc(-n3c4ccccc4c4ccccc43)c2)c1.CC. The second-order valence-corrected chi connectivity index (χ2v) is 16.6. The van der Waals surface area contributed by atoms with Crippen LogP contribution in [0.15, 0.2) is 247 Å². The zero-order valence-electron chi connectivity index (χ0n) is 41.4. The van der Waals surface area contributed by atoms with Gasteiger partial charge in [0.05, 0.1) is 16.7 Å². The van der Waals surface area contributed by atoms with E-state index in [9.17, 15) is 0 Å².